The van der Waals surface area contributed by atoms with Crippen LogP contribution in [-0.4, -0.2) is 22.9 Å². The first-order chi connectivity index (χ1) is 11.4. The van der Waals surface area contributed by atoms with Gasteiger partial charge >= 0.3 is 7.82 Å². The Kier molecular flexibility index (Phi) is 21.3. The Labute approximate surface area is 150 Å². The van der Waals surface area contributed by atoms with E-state index in [-0.39, 0.29) is 12.5 Å². The van der Waals surface area contributed by atoms with Crippen LogP contribution in [0.5, 0.6) is 0 Å². The van der Waals surface area contributed by atoms with Gasteiger partial charge in [-0.2, -0.15) is 0 Å². The SMILES string of the molecule is CCCCCC(CCC)COP(=O)(O)O.CCCCCCCCN. The van der Waals surface area contributed by atoms with Gasteiger partial charge in [0.05, 0.1) is 6.61 Å². The van der Waals surface area contributed by atoms with E-state index in [4.69, 9.17) is 15.5 Å². The molecule has 0 aromatic heterocycles. The van der Waals surface area contributed by atoms with Crippen LogP contribution in [0, 0.1) is 5.92 Å². The number of nitrogens with two attached hydrogens (primary N) is 1. The van der Waals surface area contributed by atoms with Crippen molar-refractivity contribution >= 4 is 7.82 Å². The molecular weight excluding hydrogens is 325 g/mol. The van der Waals surface area contributed by atoms with Crippen LogP contribution in [-0.2, 0) is 9.09 Å². The van der Waals surface area contributed by atoms with Crippen LogP contribution in [0.2, 0.25) is 0 Å². The smallest absolute Gasteiger partial charge is 0.330 e. The number of hydrogen-bond acceptors (Lipinski definition) is 3. The summed E-state index contributed by atoms with van der Waals surface area (Å²) in [6.07, 6.45) is 14.5. The van der Waals surface area contributed by atoms with E-state index in [1.165, 1.54) is 44.9 Å². The number of phosphoric ester groups is 1. The maximum Gasteiger partial charge on any atom is 0.469 e. The van der Waals surface area contributed by atoms with Crippen molar-refractivity contribution in [3.63, 3.8) is 0 Å². The van der Waals surface area contributed by atoms with Gasteiger partial charge in [-0.3, -0.25) is 4.52 Å². The van der Waals surface area contributed by atoms with Crippen LogP contribution < -0.4 is 5.73 Å². The summed E-state index contributed by atoms with van der Waals surface area (Å²) >= 11 is 0. The van der Waals surface area contributed by atoms with Gasteiger partial charge in [0.1, 0.15) is 0 Å². The van der Waals surface area contributed by atoms with Crippen molar-refractivity contribution in [1.29, 1.82) is 0 Å². The molecular formula is C18H42NO4P. The largest absolute Gasteiger partial charge is 0.469 e. The predicted octanol–water partition coefficient (Wildman–Crippen LogP) is 5.40. The van der Waals surface area contributed by atoms with E-state index in [1.54, 1.807) is 0 Å². The normalized spacial score (nSPS) is 12.6. The zero-order valence-corrected chi connectivity index (χ0v) is 17.1. The van der Waals surface area contributed by atoms with E-state index >= 15 is 0 Å². The molecule has 0 amide bonds. The third kappa shape index (κ3) is 24.3. The monoisotopic (exact) mass is 367 g/mol. The van der Waals surface area contributed by atoms with Crippen molar-refractivity contribution < 1.29 is 18.9 Å². The second-order valence-corrected chi connectivity index (χ2v) is 7.73. The van der Waals surface area contributed by atoms with Gasteiger partial charge in [-0.1, -0.05) is 78.6 Å². The lowest BCUT2D eigenvalue weighted by Gasteiger charge is -2.16. The molecule has 0 aliphatic carbocycles. The zero-order valence-electron chi connectivity index (χ0n) is 16.2. The van der Waals surface area contributed by atoms with Crippen molar-refractivity contribution in [1.82, 2.24) is 0 Å². The maximum absolute atomic E-state index is 10.5. The predicted molar refractivity (Wildman–Crippen MR) is 103 cm³/mol. The fourth-order valence-corrected chi connectivity index (χ4v) is 2.93. The molecule has 0 aromatic rings. The number of hydrogen-bond donors (Lipinski definition) is 3. The second-order valence-electron chi connectivity index (χ2n) is 6.49. The molecule has 1 atom stereocenters. The molecule has 0 bridgehead atoms. The Bertz CT molecular complexity index is 278. The number of unbranched alkanes of at least 4 members (excludes halogenated alkanes) is 7. The third-order valence-electron chi connectivity index (χ3n) is 3.95. The summed E-state index contributed by atoms with van der Waals surface area (Å²) in [5.74, 6) is 0.286. The van der Waals surface area contributed by atoms with Crippen molar-refractivity contribution in [2.24, 2.45) is 11.7 Å². The Hall–Kier alpha value is 0.0700. The molecule has 4 N–H and O–H groups in total. The average molecular weight is 368 g/mol. The van der Waals surface area contributed by atoms with Crippen LogP contribution in [0.3, 0.4) is 0 Å². The Morgan fingerprint density at radius 1 is 0.833 bits per heavy atom. The minimum atomic E-state index is -4.28. The molecule has 0 radical (unpaired) electrons. The Balaban J connectivity index is 0. The molecule has 0 heterocycles. The van der Waals surface area contributed by atoms with Crippen LogP contribution in [0.25, 0.3) is 0 Å². The quantitative estimate of drug-likeness (QED) is 0.266. The molecule has 0 saturated carbocycles. The average Bonchev–Trinajstić information content (AvgIpc) is 2.53. The van der Waals surface area contributed by atoms with Crippen LogP contribution in [0.4, 0.5) is 0 Å². The molecule has 24 heavy (non-hydrogen) atoms. The minimum absolute atomic E-state index is 0.182. The first-order valence-electron chi connectivity index (χ1n) is 9.81. The topological polar surface area (TPSA) is 92.8 Å². The van der Waals surface area contributed by atoms with Gasteiger partial charge in [-0.25, -0.2) is 4.57 Å². The van der Waals surface area contributed by atoms with Crippen LogP contribution in [0.1, 0.15) is 97.8 Å². The fraction of sp³-hybridized carbons (Fsp3) is 1.00. The van der Waals surface area contributed by atoms with Gasteiger partial charge in [0, 0.05) is 0 Å². The summed E-state index contributed by atoms with van der Waals surface area (Å²) in [6, 6.07) is 0. The first-order valence-corrected chi connectivity index (χ1v) is 11.3. The van der Waals surface area contributed by atoms with Gasteiger partial charge < -0.3 is 15.5 Å². The molecule has 0 rings (SSSR count). The van der Waals surface area contributed by atoms with E-state index in [0.717, 1.165) is 38.6 Å². The van der Waals surface area contributed by atoms with Gasteiger partial charge in [-0.15, -0.1) is 0 Å². The van der Waals surface area contributed by atoms with Crippen molar-refractivity contribution in [3.05, 3.63) is 0 Å². The summed E-state index contributed by atoms with van der Waals surface area (Å²) in [4.78, 5) is 17.2. The summed E-state index contributed by atoms with van der Waals surface area (Å²) in [6.45, 7) is 7.50. The van der Waals surface area contributed by atoms with Crippen LogP contribution >= 0.6 is 7.82 Å². The molecule has 0 aliphatic rings. The Morgan fingerprint density at radius 2 is 1.38 bits per heavy atom. The van der Waals surface area contributed by atoms with E-state index < -0.39 is 7.82 Å². The highest BCUT2D eigenvalue weighted by Gasteiger charge is 2.17. The van der Waals surface area contributed by atoms with Crippen LogP contribution in [0.15, 0.2) is 0 Å². The van der Waals surface area contributed by atoms with E-state index in [2.05, 4.69) is 25.3 Å². The van der Waals surface area contributed by atoms with E-state index in [1.807, 2.05) is 0 Å². The third-order valence-corrected chi connectivity index (χ3v) is 4.43. The van der Waals surface area contributed by atoms with Gasteiger partial charge in [0.25, 0.3) is 0 Å². The van der Waals surface area contributed by atoms with Crippen molar-refractivity contribution in [2.75, 3.05) is 13.2 Å². The molecule has 0 spiro atoms. The number of phosphoric acid groups is 1. The number of rotatable bonds is 15. The lowest BCUT2D eigenvalue weighted by molar-refractivity contribution is 0.158. The lowest BCUT2D eigenvalue weighted by atomic mass is 9.98. The van der Waals surface area contributed by atoms with Gasteiger partial charge in [0.2, 0.25) is 0 Å². The summed E-state index contributed by atoms with van der Waals surface area (Å²) < 4.78 is 15.1. The molecule has 6 heteroatoms. The maximum atomic E-state index is 10.5. The van der Waals surface area contributed by atoms with Gasteiger partial charge in [0.15, 0.2) is 0 Å². The molecule has 0 aromatic carbocycles. The highest BCUT2D eigenvalue weighted by molar-refractivity contribution is 7.46. The summed E-state index contributed by atoms with van der Waals surface area (Å²) in [5.41, 5.74) is 5.34. The van der Waals surface area contributed by atoms with Crippen molar-refractivity contribution in [3.8, 4) is 0 Å². The summed E-state index contributed by atoms with van der Waals surface area (Å²) in [7, 11) is -4.28. The van der Waals surface area contributed by atoms with E-state index in [0.29, 0.717) is 0 Å². The lowest BCUT2D eigenvalue weighted by Crippen LogP contribution is -2.08. The Morgan fingerprint density at radius 3 is 1.88 bits per heavy atom. The zero-order chi connectivity index (χ0) is 18.7. The molecule has 148 valence electrons. The standard InChI is InChI=1S/C10H23O4P.C8H19N/c1-3-5-6-8-10(7-4-2)9-14-15(11,12)13;1-2-3-4-5-6-7-8-9/h10H,3-9H2,1-2H3,(H2,11,12,13);2-9H2,1H3. The minimum Gasteiger partial charge on any atom is -0.330 e. The second kappa shape index (κ2) is 19.4. The molecule has 1 unspecified atom stereocenters. The highest BCUT2D eigenvalue weighted by Crippen LogP contribution is 2.37. The van der Waals surface area contributed by atoms with Gasteiger partial charge in [-0.05, 0) is 31.7 Å². The molecule has 0 aliphatic heterocycles. The first kappa shape index (κ1) is 26.3. The fourth-order valence-electron chi connectivity index (χ4n) is 2.53. The molecule has 0 fully saturated rings. The van der Waals surface area contributed by atoms with E-state index in [9.17, 15) is 4.57 Å². The van der Waals surface area contributed by atoms with Crippen molar-refractivity contribution in [2.45, 2.75) is 97.8 Å². The molecule has 0 saturated heterocycles. The highest BCUT2D eigenvalue weighted by atomic mass is 31.2. The molecule has 5 nitrogen and oxygen atoms in total. The summed E-state index contributed by atoms with van der Waals surface area (Å²) in [5, 5.41) is 0.